The highest BCUT2D eigenvalue weighted by molar-refractivity contribution is 6.30. The van der Waals surface area contributed by atoms with E-state index in [9.17, 15) is 9.90 Å². The van der Waals surface area contributed by atoms with Crippen LogP contribution in [0.25, 0.3) is 0 Å². The predicted molar refractivity (Wildman–Crippen MR) is 63.4 cm³/mol. The number of hydrogen-bond acceptors (Lipinski definition) is 2. The number of halogens is 1. The lowest BCUT2D eigenvalue weighted by atomic mass is 10.1. The monoisotopic (exact) mass is 239 g/mol. The summed E-state index contributed by atoms with van der Waals surface area (Å²) in [6, 6.07) is 7.01. The summed E-state index contributed by atoms with van der Waals surface area (Å²) in [7, 11) is 0. The number of carbonyl (C=O) groups is 1. The number of benzene rings is 1. The van der Waals surface area contributed by atoms with Crippen LogP contribution in [0, 0.1) is 5.92 Å². The van der Waals surface area contributed by atoms with Crippen molar-refractivity contribution in [1.29, 1.82) is 0 Å². The summed E-state index contributed by atoms with van der Waals surface area (Å²) in [5.41, 5.74) is 0.746. The van der Waals surface area contributed by atoms with Gasteiger partial charge < -0.3 is 10.4 Å². The van der Waals surface area contributed by atoms with E-state index in [1.165, 1.54) is 0 Å². The molecular formula is C12H14ClNO2. The molecule has 0 heterocycles. The van der Waals surface area contributed by atoms with Gasteiger partial charge in [-0.1, -0.05) is 11.6 Å². The number of nitrogens with one attached hydrogen (secondary N) is 1. The second kappa shape index (κ2) is 4.85. The Hall–Kier alpha value is -1.06. The zero-order valence-corrected chi connectivity index (χ0v) is 9.57. The molecular weight excluding hydrogens is 226 g/mol. The van der Waals surface area contributed by atoms with Crippen LogP contribution in [-0.2, 0) is 4.79 Å². The summed E-state index contributed by atoms with van der Waals surface area (Å²) < 4.78 is 0. The van der Waals surface area contributed by atoms with Gasteiger partial charge in [-0.25, -0.2) is 0 Å². The summed E-state index contributed by atoms with van der Waals surface area (Å²) in [5.74, 6) is -0.0791. The standard InChI is InChI=1S/C12H14ClNO2/c13-9-2-4-10(5-3-9)14-12(16)8-1-6-11(15)7-8/h2-5,8,11,15H,1,6-7H2,(H,14,16). The van der Waals surface area contributed by atoms with Crippen LogP contribution in [0.15, 0.2) is 24.3 Å². The molecule has 0 spiro atoms. The minimum absolute atomic E-state index is 0.0149. The van der Waals surface area contributed by atoms with Gasteiger partial charge in [0.25, 0.3) is 0 Å². The largest absolute Gasteiger partial charge is 0.393 e. The molecule has 0 aliphatic heterocycles. The van der Waals surface area contributed by atoms with Crippen LogP contribution in [0.2, 0.25) is 5.02 Å². The average Bonchev–Trinajstić information content (AvgIpc) is 2.68. The highest BCUT2D eigenvalue weighted by Gasteiger charge is 2.28. The quantitative estimate of drug-likeness (QED) is 0.833. The molecule has 1 aliphatic rings. The molecule has 86 valence electrons. The first-order valence-electron chi connectivity index (χ1n) is 5.39. The molecule has 1 saturated carbocycles. The van der Waals surface area contributed by atoms with E-state index >= 15 is 0 Å². The molecule has 1 amide bonds. The van der Waals surface area contributed by atoms with E-state index in [1.807, 2.05) is 0 Å². The zero-order valence-electron chi connectivity index (χ0n) is 8.82. The van der Waals surface area contributed by atoms with Crippen molar-refractivity contribution in [2.45, 2.75) is 25.4 Å². The number of aliphatic hydroxyl groups is 1. The Morgan fingerprint density at radius 2 is 2.00 bits per heavy atom. The third-order valence-corrected chi connectivity index (χ3v) is 3.14. The number of anilines is 1. The lowest BCUT2D eigenvalue weighted by molar-refractivity contribution is -0.119. The van der Waals surface area contributed by atoms with E-state index in [-0.39, 0.29) is 17.9 Å². The molecule has 0 aromatic heterocycles. The van der Waals surface area contributed by atoms with Crippen molar-refractivity contribution >= 4 is 23.2 Å². The first-order valence-corrected chi connectivity index (χ1v) is 5.77. The topological polar surface area (TPSA) is 49.3 Å². The molecule has 2 N–H and O–H groups in total. The molecule has 16 heavy (non-hydrogen) atoms. The average molecular weight is 240 g/mol. The van der Waals surface area contributed by atoms with Crippen LogP contribution in [0.3, 0.4) is 0 Å². The molecule has 0 bridgehead atoms. The van der Waals surface area contributed by atoms with Crippen molar-refractivity contribution in [2.24, 2.45) is 5.92 Å². The number of carbonyl (C=O) groups excluding carboxylic acids is 1. The van der Waals surface area contributed by atoms with Crippen LogP contribution in [-0.4, -0.2) is 17.1 Å². The van der Waals surface area contributed by atoms with Gasteiger partial charge in [0, 0.05) is 16.6 Å². The van der Waals surface area contributed by atoms with E-state index in [0.717, 1.165) is 18.5 Å². The van der Waals surface area contributed by atoms with E-state index in [4.69, 9.17) is 11.6 Å². The summed E-state index contributed by atoms with van der Waals surface area (Å²) in [5, 5.41) is 12.8. The minimum Gasteiger partial charge on any atom is -0.393 e. The Morgan fingerprint density at radius 1 is 1.31 bits per heavy atom. The molecule has 1 aromatic carbocycles. The number of amides is 1. The minimum atomic E-state index is -0.319. The summed E-state index contributed by atoms with van der Waals surface area (Å²) in [4.78, 5) is 11.8. The third kappa shape index (κ3) is 2.74. The van der Waals surface area contributed by atoms with Crippen molar-refractivity contribution in [3.05, 3.63) is 29.3 Å². The Balaban J connectivity index is 1.94. The molecule has 2 rings (SSSR count). The molecule has 1 fully saturated rings. The molecule has 1 aliphatic carbocycles. The first kappa shape index (κ1) is 11.4. The highest BCUT2D eigenvalue weighted by atomic mass is 35.5. The molecule has 3 nitrogen and oxygen atoms in total. The smallest absolute Gasteiger partial charge is 0.227 e. The summed E-state index contributed by atoms with van der Waals surface area (Å²) in [6.07, 6.45) is 1.74. The van der Waals surface area contributed by atoms with Crippen molar-refractivity contribution in [3.8, 4) is 0 Å². The van der Waals surface area contributed by atoms with E-state index in [2.05, 4.69) is 5.32 Å². The third-order valence-electron chi connectivity index (χ3n) is 2.89. The van der Waals surface area contributed by atoms with E-state index < -0.39 is 0 Å². The molecule has 2 unspecified atom stereocenters. The fourth-order valence-electron chi connectivity index (χ4n) is 1.97. The van der Waals surface area contributed by atoms with Gasteiger partial charge in [-0.3, -0.25) is 4.79 Å². The molecule has 0 saturated heterocycles. The lowest BCUT2D eigenvalue weighted by Crippen LogP contribution is -2.21. The SMILES string of the molecule is O=C(Nc1ccc(Cl)cc1)C1CCC(O)C1. The van der Waals surface area contributed by atoms with Crippen LogP contribution in [0.5, 0.6) is 0 Å². The summed E-state index contributed by atoms with van der Waals surface area (Å²) in [6.45, 7) is 0. The van der Waals surface area contributed by atoms with E-state index in [0.29, 0.717) is 11.4 Å². The van der Waals surface area contributed by atoms with Gasteiger partial charge >= 0.3 is 0 Å². The van der Waals surface area contributed by atoms with Crippen molar-refractivity contribution < 1.29 is 9.90 Å². The number of aliphatic hydroxyl groups excluding tert-OH is 1. The van der Waals surface area contributed by atoms with Crippen molar-refractivity contribution in [3.63, 3.8) is 0 Å². The van der Waals surface area contributed by atoms with E-state index in [1.54, 1.807) is 24.3 Å². The second-order valence-corrected chi connectivity index (χ2v) is 4.60. The maximum Gasteiger partial charge on any atom is 0.227 e. The van der Waals surface area contributed by atoms with Crippen LogP contribution < -0.4 is 5.32 Å². The normalized spacial score (nSPS) is 24.4. The van der Waals surface area contributed by atoms with Crippen LogP contribution in [0.1, 0.15) is 19.3 Å². The van der Waals surface area contributed by atoms with Gasteiger partial charge in [0.05, 0.1) is 6.10 Å². The second-order valence-electron chi connectivity index (χ2n) is 4.16. The molecule has 2 atom stereocenters. The maximum absolute atomic E-state index is 11.8. The Morgan fingerprint density at radius 3 is 2.56 bits per heavy atom. The Kier molecular flexibility index (Phi) is 3.46. The highest BCUT2D eigenvalue weighted by Crippen LogP contribution is 2.26. The fourth-order valence-corrected chi connectivity index (χ4v) is 2.10. The first-order chi connectivity index (χ1) is 7.65. The molecule has 1 aromatic rings. The van der Waals surface area contributed by atoms with Gasteiger partial charge in [0.2, 0.25) is 5.91 Å². The Labute approximate surface area is 99.4 Å². The Bertz CT molecular complexity index is 377. The zero-order chi connectivity index (χ0) is 11.5. The van der Waals surface area contributed by atoms with Gasteiger partial charge in [-0.15, -0.1) is 0 Å². The van der Waals surface area contributed by atoms with Crippen molar-refractivity contribution in [1.82, 2.24) is 0 Å². The maximum atomic E-state index is 11.8. The predicted octanol–water partition coefficient (Wildman–Crippen LogP) is 2.44. The van der Waals surface area contributed by atoms with Gasteiger partial charge in [-0.2, -0.15) is 0 Å². The van der Waals surface area contributed by atoms with Crippen molar-refractivity contribution in [2.75, 3.05) is 5.32 Å². The van der Waals surface area contributed by atoms with Crippen LogP contribution >= 0.6 is 11.6 Å². The van der Waals surface area contributed by atoms with Gasteiger partial charge in [0.1, 0.15) is 0 Å². The number of hydrogen-bond donors (Lipinski definition) is 2. The molecule has 4 heteroatoms. The van der Waals surface area contributed by atoms with Gasteiger partial charge in [0.15, 0.2) is 0 Å². The summed E-state index contributed by atoms with van der Waals surface area (Å²) >= 11 is 5.75. The van der Waals surface area contributed by atoms with Gasteiger partial charge in [-0.05, 0) is 43.5 Å². The lowest BCUT2D eigenvalue weighted by Gasteiger charge is -2.10. The van der Waals surface area contributed by atoms with Crippen LogP contribution in [0.4, 0.5) is 5.69 Å². The molecule has 0 radical (unpaired) electrons. The number of rotatable bonds is 2. The fraction of sp³-hybridized carbons (Fsp3) is 0.417.